The Morgan fingerprint density at radius 3 is 2.43 bits per heavy atom. The van der Waals surface area contributed by atoms with Crippen molar-refractivity contribution in [3.05, 3.63) is 17.7 Å². The number of carbonyl (C=O) groups is 1. The van der Waals surface area contributed by atoms with Crippen molar-refractivity contribution in [1.82, 2.24) is 0 Å². The van der Waals surface area contributed by atoms with Crippen LogP contribution in [0.25, 0.3) is 0 Å². The molecule has 2 aliphatic rings. The summed E-state index contributed by atoms with van der Waals surface area (Å²) in [5.41, 5.74) is 0.704. The smallest absolute Gasteiger partial charge is 0.412 e. The van der Waals surface area contributed by atoms with Crippen LogP contribution in [0.3, 0.4) is 0 Å². The van der Waals surface area contributed by atoms with E-state index in [0.29, 0.717) is 43.1 Å². The molecule has 0 atom stereocenters. The number of hydrogen-bond donors (Lipinski definition) is 1. The lowest BCUT2D eigenvalue weighted by molar-refractivity contribution is -0.185. The third kappa shape index (κ3) is 5.23. The van der Waals surface area contributed by atoms with Crippen molar-refractivity contribution < 1.29 is 32.2 Å². The van der Waals surface area contributed by atoms with E-state index in [0.717, 1.165) is 5.56 Å². The average Bonchev–Trinajstić information content (AvgIpc) is 3.01. The molecule has 156 valence electrons. The van der Waals surface area contributed by atoms with Crippen molar-refractivity contribution in [3.63, 3.8) is 0 Å². The van der Waals surface area contributed by atoms with Gasteiger partial charge in [0.15, 0.2) is 0 Å². The molecule has 0 spiro atoms. The maximum Gasteiger partial charge on any atom is 0.412 e. The molecule has 0 radical (unpaired) electrons. The number of ether oxygens (including phenoxy) is 3. The Balaban J connectivity index is 1.69. The van der Waals surface area contributed by atoms with Crippen LogP contribution in [0.2, 0.25) is 0 Å². The van der Waals surface area contributed by atoms with Crippen molar-refractivity contribution >= 4 is 11.8 Å². The van der Waals surface area contributed by atoms with Gasteiger partial charge in [-0.1, -0.05) is 0 Å². The molecule has 5 nitrogen and oxygen atoms in total. The first kappa shape index (κ1) is 20.6. The fraction of sp³-hybridized carbons (Fsp3) is 0.650. The molecule has 28 heavy (non-hydrogen) atoms. The van der Waals surface area contributed by atoms with Gasteiger partial charge in [0, 0.05) is 18.1 Å². The summed E-state index contributed by atoms with van der Waals surface area (Å²) in [5.74, 6) is -0.144. The second-order valence-corrected chi connectivity index (χ2v) is 8.32. The van der Waals surface area contributed by atoms with Crippen LogP contribution in [0.1, 0.15) is 52.0 Å². The molecule has 8 heteroatoms. The van der Waals surface area contributed by atoms with E-state index in [9.17, 15) is 18.0 Å². The number of anilines is 1. The average molecular weight is 401 g/mol. The highest BCUT2D eigenvalue weighted by Gasteiger charge is 2.41. The van der Waals surface area contributed by atoms with Crippen LogP contribution in [0.15, 0.2) is 12.1 Å². The Bertz CT molecular complexity index is 719. The van der Waals surface area contributed by atoms with Crippen LogP contribution < -0.4 is 14.8 Å². The molecule has 0 bridgehead atoms. The number of alkyl halides is 3. The molecule has 1 fully saturated rings. The molecule has 1 aromatic carbocycles. The van der Waals surface area contributed by atoms with Gasteiger partial charge < -0.3 is 14.2 Å². The van der Waals surface area contributed by atoms with E-state index >= 15 is 0 Å². The maximum absolute atomic E-state index is 12.8. The fourth-order valence-electron chi connectivity index (χ4n) is 3.55. The number of fused-ring (bicyclic) bond motifs is 1. The van der Waals surface area contributed by atoms with Crippen LogP contribution >= 0.6 is 0 Å². The molecule has 0 unspecified atom stereocenters. The van der Waals surface area contributed by atoms with Crippen LogP contribution in [0.4, 0.5) is 23.7 Å². The number of halogens is 3. The fourth-order valence-corrected chi connectivity index (χ4v) is 3.55. The molecule has 1 saturated carbocycles. The van der Waals surface area contributed by atoms with Gasteiger partial charge in [0.05, 0.1) is 24.3 Å². The van der Waals surface area contributed by atoms with Gasteiger partial charge in [0.25, 0.3) is 0 Å². The molecule has 1 amide bonds. The van der Waals surface area contributed by atoms with Crippen LogP contribution in [-0.2, 0) is 11.2 Å². The monoisotopic (exact) mass is 401 g/mol. The van der Waals surface area contributed by atoms with E-state index in [1.54, 1.807) is 26.8 Å². The van der Waals surface area contributed by atoms with Crippen molar-refractivity contribution in [2.75, 3.05) is 11.9 Å². The Morgan fingerprint density at radius 2 is 1.82 bits per heavy atom. The van der Waals surface area contributed by atoms with E-state index in [-0.39, 0.29) is 18.9 Å². The molecular formula is C20H26F3NO4. The summed E-state index contributed by atoms with van der Waals surface area (Å²) < 4.78 is 55.3. The quantitative estimate of drug-likeness (QED) is 0.730. The summed E-state index contributed by atoms with van der Waals surface area (Å²) in [5, 5.41) is 2.69. The minimum atomic E-state index is -4.14. The molecule has 1 N–H and O–H groups in total. The number of nitrogens with one attached hydrogen (secondary N) is 1. The molecule has 0 aromatic heterocycles. The minimum Gasteiger partial charge on any atom is -0.491 e. The zero-order valence-corrected chi connectivity index (χ0v) is 16.3. The SMILES string of the molecule is CC(C)(C)OC(=O)Nc1cc(O[C@H]2CC[C@H](C(F)(F)F)CC2)cc2c1OCC2. The molecule has 0 saturated heterocycles. The standard InChI is InChI=1S/C20H26F3NO4/c1-19(2,3)28-18(25)24-16-11-15(10-12-8-9-26-17(12)16)27-14-6-4-13(5-7-14)20(21,22)23/h10-11,13-14H,4-9H2,1-3H3,(H,24,25)/t13-,14-. The van der Waals surface area contributed by atoms with Crippen molar-refractivity contribution in [1.29, 1.82) is 0 Å². The first-order valence-corrected chi connectivity index (χ1v) is 9.54. The third-order valence-corrected chi connectivity index (χ3v) is 4.83. The highest BCUT2D eigenvalue weighted by molar-refractivity contribution is 5.88. The summed E-state index contributed by atoms with van der Waals surface area (Å²) in [6.07, 6.45) is -3.48. The normalized spacial score (nSPS) is 22.2. The van der Waals surface area contributed by atoms with Crippen LogP contribution in [0.5, 0.6) is 11.5 Å². The Kier molecular flexibility index (Phi) is 5.68. The Labute approximate surface area is 162 Å². The maximum atomic E-state index is 12.8. The number of amides is 1. The van der Waals surface area contributed by atoms with E-state index < -0.39 is 23.8 Å². The van der Waals surface area contributed by atoms with Gasteiger partial charge in [-0.15, -0.1) is 0 Å². The first-order valence-electron chi connectivity index (χ1n) is 9.54. The third-order valence-electron chi connectivity index (χ3n) is 4.83. The second kappa shape index (κ2) is 7.72. The number of hydrogen-bond acceptors (Lipinski definition) is 4. The Morgan fingerprint density at radius 1 is 1.14 bits per heavy atom. The van der Waals surface area contributed by atoms with Crippen molar-refractivity contribution in [2.24, 2.45) is 5.92 Å². The molecule has 1 aliphatic heterocycles. The van der Waals surface area contributed by atoms with Gasteiger partial charge in [-0.25, -0.2) is 4.79 Å². The largest absolute Gasteiger partial charge is 0.491 e. The number of rotatable bonds is 3. The number of benzene rings is 1. The van der Waals surface area contributed by atoms with E-state index in [1.165, 1.54) is 0 Å². The van der Waals surface area contributed by atoms with Crippen LogP contribution in [0, 0.1) is 5.92 Å². The Hall–Kier alpha value is -2.12. The molecule has 1 aromatic rings. The first-order chi connectivity index (χ1) is 13.0. The number of carbonyl (C=O) groups excluding carboxylic acids is 1. The lowest BCUT2D eigenvalue weighted by atomic mass is 9.87. The van der Waals surface area contributed by atoms with Gasteiger partial charge in [-0.2, -0.15) is 13.2 Å². The summed E-state index contributed by atoms with van der Waals surface area (Å²) in [6, 6.07) is 3.47. The summed E-state index contributed by atoms with van der Waals surface area (Å²) >= 11 is 0. The van der Waals surface area contributed by atoms with Gasteiger partial charge >= 0.3 is 12.3 Å². The topological polar surface area (TPSA) is 56.8 Å². The van der Waals surface area contributed by atoms with Gasteiger partial charge in [-0.3, -0.25) is 5.32 Å². The van der Waals surface area contributed by atoms with Gasteiger partial charge in [0.2, 0.25) is 0 Å². The summed E-state index contributed by atoms with van der Waals surface area (Å²) in [7, 11) is 0. The van der Waals surface area contributed by atoms with Crippen LogP contribution in [-0.4, -0.2) is 30.6 Å². The van der Waals surface area contributed by atoms with E-state index in [4.69, 9.17) is 14.2 Å². The molecule has 1 aliphatic carbocycles. The van der Waals surface area contributed by atoms with E-state index in [1.807, 2.05) is 6.07 Å². The lowest BCUT2D eigenvalue weighted by Crippen LogP contribution is -2.31. The molecule has 3 rings (SSSR count). The predicted molar refractivity (Wildman–Crippen MR) is 97.9 cm³/mol. The zero-order valence-electron chi connectivity index (χ0n) is 16.3. The molecule has 1 heterocycles. The minimum absolute atomic E-state index is 0.0746. The molecular weight excluding hydrogens is 375 g/mol. The summed E-state index contributed by atoms with van der Waals surface area (Å²) in [4.78, 5) is 12.1. The second-order valence-electron chi connectivity index (χ2n) is 8.32. The van der Waals surface area contributed by atoms with Crippen molar-refractivity contribution in [3.8, 4) is 11.5 Å². The highest BCUT2D eigenvalue weighted by Crippen LogP contribution is 2.41. The summed E-state index contributed by atoms with van der Waals surface area (Å²) in [6.45, 7) is 5.80. The van der Waals surface area contributed by atoms with Crippen molar-refractivity contribution in [2.45, 2.75) is 70.8 Å². The highest BCUT2D eigenvalue weighted by atomic mass is 19.4. The predicted octanol–water partition coefficient (Wildman–Crippen LogP) is 5.47. The van der Waals surface area contributed by atoms with E-state index in [2.05, 4.69) is 5.32 Å². The lowest BCUT2D eigenvalue weighted by Gasteiger charge is -2.30. The van der Waals surface area contributed by atoms with Gasteiger partial charge in [0.1, 0.15) is 17.1 Å². The van der Waals surface area contributed by atoms with Gasteiger partial charge in [-0.05, 0) is 52.5 Å². The zero-order chi connectivity index (χ0) is 20.5.